The van der Waals surface area contributed by atoms with Gasteiger partial charge in [-0.05, 0) is 62.2 Å². The number of nitrogens with two attached hydrogens (primary N) is 1. The molecule has 34 heavy (non-hydrogen) atoms. The third-order valence-corrected chi connectivity index (χ3v) is 6.09. The second kappa shape index (κ2) is 8.87. The quantitative estimate of drug-likeness (QED) is 0.493. The lowest BCUT2D eigenvalue weighted by atomic mass is 10.1. The molecule has 0 spiro atoms. The number of pyridine rings is 1. The molecule has 0 bridgehead atoms. The van der Waals surface area contributed by atoms with Crippen LogP contribution in [0.5, 0.6) is 0 Å². The largest absolute Gasteiger partial charge is 0.445 e. The Kier molecular flexibility index (Phi) is 5.60. The second-order valence-corrected chi connectivity index (χ2v) is 8.44. The van der Waals surface area contributed by atoms with Crippen molar-refractivity contribution in [1.29, 1.82) is 5.26 Å². The summed E-state index contributed by atoms with van der Waals surface area (Å²) in [6.45, 7) is 3.42. The van der Waals surface area contributed by atoms with Crippen LogP contribution in [0.1, 0.15) is 24.0 Å². The minimum absolute atomic E-state index is 0.258. The van der Waals surface area contributed by atoms with Crippen LogP contribution >= 0.6 is 0 Å². The van der Waals surface area contributed by atoms with E-state index in [0.717, 1.165) is 58.9 Å². The molecule has 4 aromatic rings. The van der Waals surface area contributed by atoms with Crippen molar-refractivity contribution >= 4 is 22.9 Å². The maximum Gasteiger partial charge on any atom is 0.404 e. The van der Waals surface area contributed by atoms with Crippen molar-refractivity contribution in [1.82, 2.24) is 14.5 Å². The van der Waals surface area contributed by atoms with Crippen LogP contribution in [0.25, 0.3) is 28.2 Å². The Morgan fingerprint density at radius 1 is 1.15 bits per heavy atom. The molecule has 8 heteroatoms. The van der Waals surface area contributed by atoms with Crippen LogP contribution in [0.3, 0.4) is 0 Å². The number of primary amides is 1. The first-order valence-electron chi connectivity index (χ1n) is 11.2. The lowest BCUT2D eigenvalue weighted by molar-refractivity contribution is 0.0966. The Hall–Kier alpha value is -4.38. The average molecular weight is 453 g/mol. The maximum atomic E-state index is 11.3. The average Bonchev–Trinajstić information content (AvgIpc) is 3.24. The molecular formula is C26H24N6O2. The number of piperidine rings is 1. The van der Waals surface area contributed by atoms with E-state index in [-0.39, 0.29) is 6.10 Å². The highest BCUT2D eigenvalue weighted by Crippen LogP contribution is 2.34. The van der Waals surface area contributed by atoms with E-state index >= 15 is 0 Å². The van der Waals surface area contributed by atoms with E-state index in [4.69, 9.17) is 20.4 Å². The summed E-state index contributed by atoms with van der Waals surface area (Å²) in [6.07, 6.45) is 2.43. The molecule has 5 rings (SSSR count). The summed E-state index contributed by atoms with van der Waals surface area (Å²) in [6, 6.07) is 19.7. The Morgan fingerprint density at radius 2 is 1.91 bits per heavy atom. The number of hydrogen-bond donors (Lipinski definition) is 1. The lowest BCUT2D eigenvalue weighted by Gasteiger charge is -2.33. The molecule has 1 unspecified atom stereocenters. The van der Waals surface area contributed by atoms with Gasteiger partial charge in [-0.15, -0.1) is 0 Å². The van der Waals surface area contributed by atoms with E-state index in [1.807, 2.05) is 22.8 Å². The van der Waals surface area contributed by atoms with E-state index in [1.165, 1.54) is 0 Å². The molecule has 2 aromatic carbocycles. The number of nitriles is 1. The van der Waals surface area contributed by atoms with E-state index in [0.29, 0.717) is 12.1 Å². The zero-order chi connectivity index (χ0) is 23.7. The zero-order valence-corrected chi connectivity index (χ0v) is 18.8. The molecule has 2 N–H and O–H groups in total. The molecule has 1 saturated heterocycles. The van der Waals surface area contributed by atoms with Crippen molar-refractivity contribution in [2.75, 3.05) is 18.0 Å². The van der Waals surface area contributed by atoms with Gasteiger partial charge in [-0.3, -0.25) is 4.57 Å². The van der Waals surface area contributed by atoms with Crippen molar-refractivity contribution in [3.63, 3.8) is 0 Å². The van der Waals surface area contributed by atoms with Crippen molar-refractivity contribution in [3.05, 3.63) is 71.9 Å². The summed E-state index contributed by atoms with van der Waals surface area (Å²) in [4.78, 5) is 23.2. The van der Waals surface area contributed by atoms with Gasteiger partial charge in [0.15, 0.2) is 5.65 Å². The van der Waals surface area contributed by atoms with Crippen molar-refractivity contribution < 1.29 is 9.53 Å². The molecule has 0 radical (unpaired) electrons. The molecule has 8 nitrogen and oxygen atoms in total. The standard InChI is InChI=1S/C26H24N6O2/c1-17-4-10-20(11-5-17)32-24(19-8-6-18(15-27)7-9-19)30-23-22(12-13-29-25(23)32)31-14-2-3-21(16-31)34-26(28)33/h4-13,21H,2-3,14,16H2,1H3,(H2,28,33). The third-order valence-electron chi connectivity index (χ3n) is 6.09. The van der Waals surface area contributed by atoms with Crippen LogP contribution in [-0.4, -0.2) is 39.8 Å². The summed E-state index contributed by atoms with van der Waals surface area (Å²) in [5.74, 6) is 0.741. The van der Waals surface area contributed by atoms with Gasteiger partial charge in [-0.25, -0.2) is 14.8 Å². The SMILES string of the molecule is Cc1ccc(-n2c(-c3ccc(C#N)cc3)nc3c(N4CCCC(OC(N)=O)C4)ccnc32)cc1. The van der Waals surface area contributed by atoms with Gasteiger partial charge in [0.05, 0.1) is 23.9 Å². The van der Waals surface area contributed by atoms with E-state index in [9.17, 15) is 10.1 Å². The van der Waals surface area contributed by atoms with Crippen LogP contribution < -0.4 is 10.6 Å². The van der Waals surface area contributed by atoms with E-state index in [2.05, 4.69) is 42.2 Å². The molecule has 1 atom stereocenters. The summed E-state index contributed by atoms with van der Waals surface area (Å²) >= 11 is 0. The molecule has 0 aliphatic carbocycles. The topological polar surface area (TPSA) is 110 Å². The highest BCUT2D eigenvalue weighted by atomic mass is 16.6. The number of aryl methyl sites for hydroxylation is 1. The van der Waals surface area contributed by atoms with Gasteiger partial charge in [0.25, 0.3) is 0 Å². The number of benzene rings is 2. The Balaban J connectivity index is 1.66. The van der Waals surface area contributed by atoms with E-state index < -0.39 is 6.09 Å². The number of rotatable bonds is 4. The minimum Gasteiger partial charge on any atom is -0.445 e. The molecule has 0 saturated carbocycles. The molecule has 3 heterocycles. The van der Waals surface area contributed by atoms with E-state index in [1.54, 1.807) is 18.3 Å². The predicted molar refractivity (Wildman–Crippen MR) is 130 cm³/mol. The lowest BCUT2D eigenvalue weighted by Crippen LogP contribution is -2.41. The maximum absolute atomic E-state index is 11.3. The third kappa shape index (κ3) is 4.04. The van der Waals surface area contributed by atoms with Gasteiger partial charge < -0.3 is 15.4 Å². The number of hydrogen-bond acceptors (Lipinski definition) is 6. The molecule has 1 fully saturated rings. The van der Waals surface area contributed by atoms with Crippen molar-refractivity contribution in [2.24, 2.45) is 5.73 Å². The number of ether oxygens (including phenoxy) is 1. The Morgan fingerprint density at radius 3 is 2.62 bits per heavy atom. The first kappa shape index (κ1) is 21.5. The van der Waals surface area contributed by atoms with Crippen LogP contribution in [0.2, 0.25) is 0 Å². The summed E-state index contributed by atoms with van der Waals surface area (Å²) < 4.78 is 7.33. The van der Waals surface area contributed by atoms with Gasteiger partial charge in [-0.1, -0.05) is 17.7 Å². The number of carbonyl (C=O) groups is 1. The first-order valence-corrected chi connectivity index (χ1v) is 11.2. The summed E-state index contributed by atoms with van der Waals surface area (Å²) in [7, 11) is 0. The first-order chi connectivity index (χ1) is 16.5. The fourth-order valence-corrected chi connectivity index (χ4v) is 4.46. The molecule has 2 aromatic heterocycles. The fraction of sp³-hybridized carbons (Fsp3) is 0.231. The van der Waals surface area contributed by atoms with Gasteiger partial charge in [0.2, 0.25) is 0 Å². The molecule has 170 valence electrons. The normalized spacial score (nSPS) is 15.8. The number of carbonyl (C=O) groups excluding carboxylic acids is 1. The predicted octanol–water partition coefficient (Wildman–Crippen LogP) is 4.33. The van der Waals surface area contributed by atoms with Crippen molar-refractivity contribution in [3.8, 4) is 23.1 Å². The highest BCUT2D eigenvalue weighted by molar-refractivity contribution is 5.90. The number of nitrogens with zero attached hydrogens (tertiary/aromatic N) is 5. The van der Waals surface area contributed by atoms with Gasteiger partial charge in [0.1, 0.15) is 17.4 Å². The van der Waals surface area contributed by atoms with Gasteiger partial charge in [-0.2, -0.15) is 5.26 Å². The molecule has 1 amide bonds. The summed E-state index contributed by atoms with van der Waals surface area (Å²) in [5.41, 5.74) is 11.3. The summed E-state index contributed by atoms with van der Waals surface area (Å²) in [5, 5.41) is 9.20. The monoisotopic (exact) mass is 452 g/mol. The van der Waals surface area contributed by atoms with Gasteiger partial charge >= 0.3 is 6.09 Å². The number of imidazole rings is 1. The molecule has 1 aliphatic rings. The smallest absolute Gasteiger partial charge is 0.404 e. The van der Waals surface area contributed by atoms with Crippen LogP contribution in [0, 0.1) is 18.3 Å². The number of aromatic nitrogens is 3. The van der Waals surface area contributed by atoms with Crippen LogP contribution in [0.4, 0.5) is 10.5 Å². The molecule has 1 aliphatic heterocycles. The van der Waals surface area contributed by atoms with Crippen LogP contribution in [-0.2, 0) is 4.74 Å². The fourth-order valence-electron chi connectivity index (χ4n) is 4.46. The highest BCUT2D eigenvalue weighted by Gasteiger charge is 2.26. The van der Waals surface area contributed by atoms with Crippen molar-refractivity contribution in [2.45, 2.75) is 25.9 Å². The Bertz CT molecular complexity index is 1390. The number of amides is 1. The van der Waals surface area contributed by atoms with Crippen LogP contribution in [0.15, 0.2) is 60.8 Å². The van der Waals surface area contributed by atoms with Gasteiger partial charge in [0, 0.05) is 24.0 Å². The Labute approximate surface area is 197 Å². The minimum atomic E-state index is -0.751. The number of anilines is 1. The number of fused-ring (bicyclic) bond motifs is 1. The zero-order valence-electron chi connectivity index (χ0n) is 18.8. The second-order valence-electron chi connectivity index (χ2n) is 8.44. The molecular weight excluding hydrogens is 428 g/mol.